The van der Waals surface area contributed by atoms with Gasteiger partial charge in [-0.3, -0.25) is 4.79 Å². The van der Waals surface area contributed by atoms with Crippen LogP contribution in [0, 0.1) is 6.92 Å². The Morgan fingerprint density at radius 3 is 2.79 bits per heavy atom. The van der Waals surface area contributed by atoms with Crippen LogP contribution >= 0.6 is 0 Å². The minimum Gasteiger partial charge on any atom is -0.352 e. The molecule has 0 aliphatic carbocycles. The second-order valence-electron chi connectivity index (χ2n) is 7.54. The molecule has 1 fully saturated rings. The Labute approximate surface area is 165 Å². The van der Waals surface area contributed by atoms with E-state index in [0.29, 0.717) is 18.7 Å². The standard InChI is InChI=1S/C22H27N5O/c1-17-7-2-3-8-19(17)16-27-21-10-9-18(15-20(21)24-25-27)22(28)23-11-6-14-26-12-4-5-13-26/h2-3,7-10,15H,4-6,11-14,16H2,1H3,(H,23,28). The molecule has 1 N–H and O–H groups in total. The first kappa shape index (κ1) is 18.6. The molecule has 6 heteroatoms. The first-order valence-electron chi connectivity index (χ1n) is 10.1. The monoisotopic (exact) mass is 377 g/mol. The van der Waals surface area contributed by atoms with Crippen LogP contribution in [-0.4, -0.2) is 52.0 Å². The normalized spacial score (nSPS) is 14.6. The fraction of sp³-hybridized carbons (Fsp3) is 0.409. The molecule has 1 aliphatic heterocycles. The van der Waals surface area contributed by atoms with Gasteiger partial charge in [0.25, 0.3) is 5.91 Å². The molecule has 0 spiro atoms. The molecule has 28 heavy (non-hydrogen) atoms. The number of hydrogen-bond donors (Lipinski definition) is 1. The Bertz CT molecular complexity index is 958. The zero-order valence-corrected chi connectivity index (χ0v) is 16.4. The molecule has 0 atom stereocenters. The highest BCUT2D eigenvalue weighted by molar-refractivity contribution is 5.97. The van der Waals surface area contributed by atoms with Crippen LogP contribution in [0.4, 0.5) is 0 Å². The molecule has 2 heterocycles. The molecule has 1 saturated heterocycles. The Morgan fingerprint density at radius 1 is 1.14 bits per heavy atom. The van der Waals surface area contributed by atoms with Crippen LogP contribution in [0.15, 0.2) is 42.5 Å². The molecule has 4 rings (SSSR count). The van der Waals surface area contributed by atoms with Gasteiger partial charge in [0.15, 0.2) is 0 Å². The summed E-state index contributed by atoms with van der Waals surface area (Å²) in [6.07, 6.45) is 3.59. The van der Waals surface area contributed by atoms with E-state index in [9.17, 15) is 4.79 Å². The number of fused-ring (bicyclic) bond motifs is 1. The van der Waals surface area contributed by atoms with Gasteiger partial charge in [-0.25, -0.2) is 4.68 Å². The molecule has 6 nitrogen and oxygen atoms in total. The van der Waals surface area contributed by atoms with E-state index < -0.39 is 0 Å². The van der Waals surface area contributed by atoms with Crippen LogP contribution < -0.4 is 5.32 Å². The van der Waals surface area contributed by atoms with Crippen molar-refractivity contribution in [1.29, 1.82) is 0 Å². The van der Waals surface area contributed by atoms with Gasteiger partial charge in [0, 0.05) is 12.1 Å². The molecule has 0 unspecified atom stereocenters. The van der Waals surface area contributed by atoms with Gasteiger partial charge in [0.2, 0.25) is 0 Å². The quantitative estimate of drug-likeness (QED) is 0.643. The molecular weight excluding hydrogens is 350 g/mol. The van der Waals surface area contributed by atoms with E-state index in [0.717, 1.165) is 24.0 Å². The lowest BCUT2D eigenvalue weighted by Gasteiger charge is -2.14. The maximum atomic E-state index is 12.4. The number of carbonyl (C=O) groups excluding carboxylic acids is 1. The largest absolute Gasteiger partial charge is 0.352 e. The second kappa shape index (κ2) is 8.52. The van der Waals surface area contributed by atoms with E-state index in [1.807, 2.05) is 35.0 Å². The number of hydrogen-bond acceptors (Lipinski definition) is 4. The van der Waals surface area contributed by atoms with E-state index in [1.165, 1.54) is 37.1 Å². The zero-order chi connectivity index (χ0) is 19.3. The molecular formula is C22H27N5O. The third-order valence-electron chi connectivity index (χ3n) is 5.49. The number of likely N-dealkylation sites (tertiary alicyclic amines) is 1. The third kappa shape index (κ3) is 4.22. The maximum Gasteiger partial charge on any atom is 0.251 e. The van der Waals surface area contributed by atoms with Gasteiger partial charge in [0.05, 0.1) is 12.1 Å². The van der Waals surface area contributed by atoms with E-state index in [-0.39, 0.29) is 5.91 Å². The number of nitrogens with one attached hydrogen (secondary N) is 1. The summed E-state index contributed by atoms with van der Waals surface area (Å²) in [4.78, 5) is 14.9. The van der Waals surface area contributed by atoms with Gasteiger partial charge in [0.1, 0.15) is 5.52 Å². The van der Waals surface area contributed by atoms with E-state index in [1.54, 1.807) is 0 Å². The van der Waals surface area contributed by atoms with Crippen molar-refractivity contribution >= 4 is 16.9 Å². The van der Waals surface area contributed by atoms with Crippen molar-refractivity contribution in [2.75, 3.05) is 26.2 Å². The Morgan fingerprint density at radius 2 is 1.96 bits per heavy atom. The van der Waals surface area contributed by atoms with E-state index in [2.05, 4.69) is 39.6 Å². The van der Waals surface area contributed by atoms with Crippen molar-refractivity contribution in [3.8, 4) is 0 Å². The van der Waals surface area contributed by atoms with Crippen LogP contribution in [0.5, 0.6) is 0 Å². The fourth-order valence-corrected chi connectivity index (χ4v) is 3.79. The van der Waals surface area contributed by atoms with E-state index >= 15 is 0 Å². The van der Waals surface area contributed by atoms with Crippen LogP contribution in [0.2, 0.25) is 0 Å². The summed E-state index contributed by atoms with van der Waals surface area (Å²) < 4.78 is 1.88. The molecule has 1 amide bonds. The smallest absolute Gasteiger partial charge is 0.251 e. The fourth-order valence-electron chi connectivity index (χ4n) is 3.79. The minimum absolute atomic E-state index is 0.0447. The summed E-state index contributed by atoms with van der Waals surface area (Å²) >= 11 is 0. The van der Waals surface area contributed by atoms with Crippen LogP contribution in [0.3, 0.4) is 0 Å². The van der Waals surface area contributed by atoms with Gasteiger partial charge >= 0.3 is 0 Å². The molecule has 3 aromatic rings. The van der Waals surface area contributed by atoms with Gasteiger partial charge < -0.3 is 10.2 Å². The average molecular weight is 377 g/mol. The Kier molecular flexibility index (Phi) is 5.67. The number of rotatable bonds is 7. The van der Waals surface area contributed by atoms with Gasteiger partial charge in [-0.05, 0) is 75.1 Å². The number of amides is 1. The first-order chi connectivity index (χ1) is 13.7. The highest BCUT2D eigenvalue weighted by Crippen LogP contribution is 2.16. The summed E-state index contributed by atoms with van der Waals surface area (Å²) in [7, 11) is 0. The van der Waals surface area contributed by atoms with Crippen LogP contribution in [0.25, 0.3) is 11.0 Å². The number of nitrogens with zero attached hydrogens (tertiary/aromatic N) is 4. The van der Waals surface area contributed by atoms with Crippen LogP contribution in [-0.2, 0) is 6.54 Å². The zero-order valence-electron chi connectivity index (χ0n) is 16.4. The second-order valence-corrected chi connectivity index (χ2v) is 7.54. The van der Waals surface area contributed by atoms with Crippen molar-refractivity contribution in [2.24, 2.45) is 0 Å². The van der Waals surface area contributed by atoms with Crippen LogP contribution in [0.1, 0.15) is 40.7 Å². The summed E-state index contributed by atoms with van der Waals surface area (Å²) in [5, 5.41) is 11.6. The van der Waals surface area contributed by atoms with Crippen molar-refractivity contribution in [3.63, 3.8) is 0 Å². The lowest BCUT2D eigenvalue weighted by atomic mass is 10.1. The average Bonchev–Trinajstić information content (AvgIpc) is 3.36. The Balaban J connectivity index is 1.38. The van der Waals surface area contributed by atoms with Crippen molar-refractivity contribution in [3.05, 3.63) is 59.2 Å². The number of aryl methyl sites for hydroxylation is 1. The predicted molar refractivity (Wildman–Crippen MR) is 110 cm³/mol. The van der Waals surface area contributed by atoms with Gasteiger partial charge in [-0.2, -0.15) is 0 Å². The topological polar surface area (TPSA) is 63.1 Å². The highest BCUT2D eigenvalue weighted by Gasteiger charge is 2.13. The minimum atomic E-state index is -0.0447. The molecule has 1 aliphatic rings. The lowest BCUT2D eigenvalue weighted by Crippen LogP contribution is -2.28. The summed E-state index contributed by atoms with van der Waals surface area (Å²) in [5.41, 5.74) is 4.77. The molecule has 0 saturated carbocycles. The lowest BCUT2D eigenvalue weighted by molar-refractivity contribution is 0.0952. The molecule has 1 aromatic heterocycles. The summed E-state index contributed by atoms with van der Waals surface area (Å²) in [6, 6.07) is 13.9. The summed E-state index contributed by atoms with van der Waals surface area (Å²) in [6.45, 7) is 6.93. The summed E-state index contributed by atoms with van der Waals surface area (Å²) in [5.74, 6) is -0.0447. The molecule has 0 bridgehead atoms. The Hall–Kier alpha value is -2.73. The first-order valence-corrected chi connectivity index (χ1v) is 10.1. The predicted octanol–water partition coefficient (Wildman–Crippen LogP) is 3.00. The van der Waals surface area contributed by atoms with Crippen molar-refractivity contribution in [2.45, 2.75) is 32.7 Å². The number of aromatic nitrogens is 3. The molecule has 146 valence electrons. The van der Waals surface area contributed by atoms with Gasteiger partial charge in [-0.15, -0.1) is 5.10 Å². The van der Waals surface area contributed by atoms with E-state index in [4.69, 9.17) is 0 Å². The molecule has 2 aromatic carbocycles. The number of benzene rings is 2. The van der Waals surface area contributed by atoms with Crippen molar-refractivity contribution < 1.29 is 4.79 Å². The van der Waals surface area contributed by atoms with Gasteiger partial charge in [-0.1, -0.05) is 29.5 Å². The highest BCUT2D eigenvalue weighted by atomic mass is 16.1. The van der Waals surface area contributed by atoms with Crippen molar-refractivity contribution in [1.82, 2.24) is 25.2 Å². The SMILES string of the molecule is Cc1ccccc1Cn1nnc2cc(C(=O)NCCCN3CCCC3)ccc21. The number of carbonyl (C=O) groups is 1. The molecule has 0 radical (unpaired) electrons. The maximum absolute atomic E-state index is 12.4. The third-order valence-corrected chi connectivity index (χ3v) is 5.49.